The molecule has 2 aliphatic heterocycles. The maximum absolute atomic E-state index is 13.1. The van der Waals surface area contributed by atoms with Gasteiger partial charge in [-0.25, -0.2) is 4.79 Å². The molecular weight excluding hydrogens is 416 g/mol. The third-order valence-corrected chi connectivity index (χ3v) is 6.92. The van der Waals surface area contributed by atoms with Crippen molar-refractivity contribution in [1.29, 1.82) is 0 Å². The SMILES string of the molecule is NC(CCc1ccccc1)C(=O)N1C[C@@H](N2CCN(Cc3ccccc3)CC2)C[C@H]1C(=O)O. The van der Waals surface area contributed by atoms with Crippen LogP contribution in [-0.2, 0) is 22.6 Å². The van der Waals surface area contributed by atoms with E-state index in [0.29, 0.717) is 25.8 Å². The minimum atomic E-state index is -0.941. The number of nitrogens with two attached hydrogens (primary N) is 1. The molecule has 2 heterocycles. The van der Waals surface area contributed by atoms with Gasteiger partial charge in [-0.1, -0.05) is 60.7 Å². The summed E-state index contributed by atoms with van der Waals surface area (Å²) in [6, 6.07) is 18.9. The van der Waals surface area contributed by atoms with E-state index in [1.807, 2.05) is 36.4 Å². The predicted octanol–water partition coefficient (Wildman–Crippen LogP) is 1.82. The largest absolute Gasteiger partial charge is 0.480 e. The summed E-state index contributed by atoms with van der Waals surface area (Å²) in [5, 5.41) is 9.78. The lowest BCUT2D eigenvalue weighted by Gasteiger charge is -2.38. The molecule has 0 saturated carbocycles. The van der Waals surface area contributed by atoms with Crippen molar-refractivity contribution in [3.63, 3.8) is 0 Å². The molecule has 0 aromatic heterocycles. The Morgan fingerprint density at radius 1 is 0.939 bits per heavy atom. The standard InChI is InChI=1S/C26H34N4O3/c27-23(12-11-20-7-3-1-4-8-20)25(31)30-19-22(17-24(30)26(32)33)29-15-13-28(14-16-29)18-21-9-5-2-6-10-21/h1-10,22-24H,11-19,27H2,(H,32,33)/t22-,23?,24-/m0/s1. The number of amides is 1. The van der Waals surface area contributed by atoms with Gasteiger partial charge in [-0.2, -0.15) is 0 Å². The Balaban J connectivity index is 1.31. The minimum absolute atomic E-state index is 0.0650. The molecule has 0 aliphatic carbocycles. The maximum atomic E-state index is 13.1. The summed E-state index contributed by atoms with van der Waals surface area (Å²) in [7, 11) is 0. The number of hydrogen-bond donors (Lipinski definition) is 2. The monoisotopic (exact) mass is 450 g/mol. The number of likely N-dealkylation sites (tertiary alicyclic amines) is 1. The number of rotatable bonds is 8. The second kappa shape index (κ2) is 10.9. The summed E-state index contributed by atoms with van der Waals surface area (Å²) in [5.74, 6) is -1.19. The molecule has 2 aromatic rings. The van der Waals surface area contributed by atoms with E-state index in [1.54, 1.807) is 0 Å². The predicted molar refractivity (Wildman–Crippen MR) is 128 cm³/mol. The Bertz CT molecular complexity index is 916. The first-order valence-electron chi connectivity index (χ1n) is 11.8. The number of carboxylic acids is 1. The molecule has 0 bridgehead atoms. The van der Waals surface area contributed by atoms with E-state index in [-0.39, 0.29) is 11.9 Å². The van der Waals surface area contributed by atoms with Gasteiger partial charge in [0, 0.05) is 45.3 Å². The van der Waals surface area contributed by atoms with Crippen LogP contribution in [0.5, 0.6) is 0 Å². The first-order valence-corrected chi connectivity index (χ1v) is 11.8. The van der Waals surface area contributed by atoms with E-state index in [0.717, 1.165) is 38.3 Å². The van der Waals surface area contributed by atoms with Crippen molar-refractivity contribution in [2.24, 2.45) is 5.73 Å². The molecule has 4 rings (SSSR count). The number of benzene rings is 2. The van der Waals surface area contributed by atoms with Crippen molar-refractivity contribution >= 4 is 11.9 Å². The van der Waals surface area contributed by atoms with Gasteiger partial charge in [-0.15, -0.1) is 0 Å². The van der Waals surface area contributed by atoms with Gasteiger partial charge in [0.2, 0.25) is 5.91 Å². The van der Waals surface area contributed by atoms with Gasteiger partial charge in [-0.05, 0) is 30.4 Å². The Hall–Kier alpha value is -2.74. The summed E-state index contributed by atoms with van der Waals surface area (Å²) >= 11 is 0. The number of nitrogens with zero attached hydrogens (tertiary/aromatic N) is 3. The average Bonchev–Trinajstić information content (AvgIpc) is 3.30. The second-order valence-electron chi connectivity index (χ2n) is 9.16. The molecule has 2 aliphatic rings. The Morgan fingerprint density at radius 2 is 1.55 bits per heavy atom. The normalized spacial score (nSPS) is 22.9. The van der Waals surface area contributed by atoms with Crippen molar-refractivity contribution < 1.29 is 14.7 Å². The number of piperazine rings is 1. The number of hydrogen-bond acceptors (Lipinski definition) is 5. The number of aliphatic carboxylic acids is 1. The van der Waals surface area contributed by atoms with E-state index in [1.165, 1.54) is 10.5 Å². The summed E-state index contributed by atoms with van der Waals surface area (Å²) in [4.78, 5) is 31.3. The van der Waals surface area contributed by atoms with Gasteiger partial charge >= 0.3 is 5.97 Å². The summed E-state index contributed by atoms with van der Waals surface area (Å²) in [6.45, 7) is 5.00. The molecule has 3 atom stereocenters. The molecule has 7 nitrogen and oxygen atoms in total. The molecule has 7 heteroatoms. The Kier molecular flexibility index (Phi) is 7.75. The molecule has 1 unspecified atom stereocenters. The topological polar surface area (TPSA) is 90.1 Å². The first kappa shape index (κ1) is 23.4. The fraction of sp³-hybridized carbons (Fsp3) is 0.462. The zero-order chi connectivity index (χ0) is 23.2. The fourth-order valence-electron chi connectivity index (χ4n) is 4.99. The van der Waals surface area contributed by atoms with Crippen LogP contribution < -0.4 is 5.73 Å². The first-order chi connectivity index (χ1) is 16.0. The van der Waals surface area contributed by atoms with E-state index in [4.69, 9.17) is 5.73 Å². The summed E-state index contributed by atoms with van der Waals surface area (Å²) < 4.78 is 0. The van der Waals surface area contributed by atoms with Gasteiger partial charge in [0.05, 0.1) is 6.04 Å². The van der Waals surface area contributed by atoms with Crippen LogP contribution in [0.3, 0.4) is 0 Å². The van der Waals surface area contributed by atoms with Gasteiger partial charge < -0.3 is 15.7 Å². The van der Waals surface area contributed by atoms with Crippen molar-refractivity contribution in [1.82, 2.24) is 14.7 Å². The molecule has 2 aromatic carbocycles. The summed E-state index contributed by atoms with van der Waals surface area (Å²) in [5.41, 5.74) is 8.65. The van der Waals surface area contributed by atoms with E-state index < -0.39 is 18.1 Å². The van der Waals surface area contributed by atoms with Crippen LogP contribution in [0.4, 0.5) is 0 Å². The van der Waals surface area contributed by atoms with Gasteiger partial charge in [-0.3, -0.25) is 14.6 Å². The summed E-state index contributed by atoms with van der Waals surface area (Å²) in [6.07, 6.45) is 1.67. The lowest BCUT2D eigenvalue weighted by Crippen LogP contribution is -2.51. The van der Waals surface area contributed by atoms with E-state index >= 15 is 0 Å². The molecule has 2 fully saturated rings. The highest BCUT2D eigenvalue weighted by Gasteiger charge is 2.43. The number of aryl methyl sites for hydroxylation is 1. The van der Waals surface area contributed by atoms with Crippen LogP contribution in [0, 0.1) is 0 Å². The fourth-order valence-corrected chi connectivity index (χ4v) is 4.99. The van der Waals surface area contributed by atoms with Crippen molar-refractivity contribution in [2.75, 3.05) is 32.7 Å². The molecule has 0 radical (unpaired) electrons. The highest BCUT2D eigenvalue weighted by atomic mass is 16.4. The smallest absolute Gasteiger partial charge is 0.326 e. The number of carbonyl (C=O) groups excluding carboxylic acids is 1. The molecule has 0 spiro atoms. The third kappa shape index (κ3) is 5.99. The van der Waals surface area contributed by atoms with Gasteiger partial charge in [0.1, 0.15) is 6.04 Å². The quantitative estimate of drug-likeness (QED) is 0.638. The van der Waals surface area contributed by atoms with Crippen molar-refractivity contribution in [3.8, 4) is 0 Å². The van der Waals surface area contributed by atoms with Crippen LogP contribution in [-0.4, -0.2) is 82.5 Å². The minimum Gasteiger partial charge on any atom is -0.480 e. The van der Waals surface area contributed by atoms with Crippen molar-refractivity contribution in [3.05, 3.63) is 71.8 Å². The molecule has 2 saturated heterocycles. The van der Waals surface area contributed by atoms with Crippen LogP contribution in [0.2, 0.25) is 0 Å². The van der Waals surface area contributed by atoms with Crippen LogP contribution in [0.25, 0.3) is 0 Å². The highest BCUT2D eigenvalue weighted by Crippen LogP contribution is 2.25. The lowest BCUT2D eigenvalue weighted by atomic mass is 10.0. The van der Waals surface area contributed by atoms with Gasteiger partial charge in [0.25, 0.3) is 0 Å². The number of carbonyl (C=O) groups is 2. The molecule has 176 valence electrons. The third-order valence-electron chi connectivity index (χ3n) is 6.92. The molecule has 33 heavy (non-hydrogen) atoms. The zero-order valence-corrected chi connectivity index (χ0v) is 19.1. The molecular formula is C26H34N4O3. The Morgan fingerprint density at radius 3 is 2.15 bits per heavy atom. The number of carboxylic acid groups (broad SMARTS) is 1. The van der Waals surface area contributed by atoms with Crippen LogP contribution in [0.1, 0.15) is 24.0 Å². The molecule has 1 amide bonds. The lowest BCUT2D eigenvalue weighted by molar-refractivity contribution is -0.148. The van der Waals surface area contributed by atoms with E-state index in [9.17, 15) is 14.7 Å². The van der Waals surface area contributed by atoms with Crippen molar-refractivity contribution in [2.45, 2.75) is 43.9 Å². The Labute approximate surface area is 195 Å². The van der Waals surface area contributed by atoms with Gasteiger partial charge in [0.15, 0.2) is 0 Å². The second-order valence-corrected chi connectivity index (χ2v) is 9.16. The zero-order valence-electron chi connectivity index (χ0n) is 19.1. The highest BCUT2D eigenvalue weighted by molar-refractivity contribution is 5.87. The van der Waals surface area contributed by atoms with Crippen LogP contribution >= 0.6 is 0 Å². The van der Waals surface area contributed by atoms with E-state index in [2.05, 4.69) is 34.1 Å². The van der Waals surface area contributed by atoms with Crippen LogP contribution in [0.15, 0.2) is 60.7 Å². The average molecular weight is 451 g/mol. The molecule has 3 N–H and O–H groups in total. The maximum Gasteiger partial charge on any atom is 0.326 e.